The lowest BCUT2D eigenvalue weighted by molar-refractivity contribution is -0.200. The smallest absolute Gasteiger partial charge is 0.408 e. The monoisotopic (exact) mass is 417 g/mol. The van der Waals surface area contributed by atoms with E-state index >= 15 is 0 Å². The number of halogens is 1. The van der Waals surface area contributed by atoms with Gasteiger partial charge in [-0.15, -0.1) is 5.06 Å². The maximum Gasteiger partial charge on any atom is 0.420 e. The number of pyridine rings is 1. The van der Waals surface area contributed by atoms with E-state index < -0.39 is 11.7 Å². The maximum absolute atomic E-state index is 12.6. The number of hydroxylamine groups is 2. The predicted molar refractivity (Wildman–Crippen MR) is 105 cm³/mol. The highest BCUT2D eigenvalue weighted by atomic mass is 35.5. The van der Waals surface area contributed by atoms with Crippen molar-refractivity contribution in [3.8, 4) is 0 Å². The van der Waals surface area contributed by atoms with Crippen molar-refractivity contribution in [1.29, 1.82) is 0 Å². The molecule has 2 aromatic heterocycles. The lowest BCUT2D eigenvalue weighted by Crippen LogP contribution is -2.35. The van der Waals surface area contributed by atoms with Crippen molar-refractivity contribution in [2.24, 2.45) is 0 Å². The second-order valence-electron chi connectivity index (χ2n) is 6.84. The summed E-state index contributed by atoms with van der Waals surface area (Å²) in [6.45, 7) is 1.28. The molecule has 8 nitrogen and oxygen atoms in total. The van der Waals surface area contributed by atoms with Gasteiger partial charge < -0.3 is 14.0 Å². The molecule has 0 saturated carbocycles. The predicted octanol–water partition coefficient (Wildman–Crippen LogP) is 2.78. The molecule has 3 aromatic rings. The Balaban J connectivity index is 1.48. The molecule has 152 valence electrons. The van der Waals surface area contributed by atoms with Crippen molar-refractivity contribution in [2.45, 2.75) is 32.0 Å². The van der Waals surface area contributed by atoms with Gasteiger partial charge in [-0.05, 0) is 42.7 Å². The first-order valence-electron chi connectivity index (χ1n) is 9.33. The van der Waals surface area contributed by atoms with Gasteiger partial charge in [-0.1, -0.05) is 11.6 Å². The SMILES string of the molecule is O=C(Cn1c(=O)oc2cc(Cl)ccc21)ON(Cc1ccncc1)CC1CCCO1. The van der Waals surface area contributed by atoms with Gasteiger partial charge >= 0.3 is 11.7 Å². The Bertz CT molecular complexity index is 1040. The number of nitrogens with zero attached hydrogens (tertiary/aromatic N) is 3. The van der Waals surface area contributed by atoms with Crippen LogP contribution in [0.2, 0.25) is 5.02 Å². The van der Waals surface area contributed by atoms with E-state index in [-0.39, 0.29) is 12.6 Å². The standard InChI is InChI=1S/C20H20ClN3O5/c21-15-3-4-17-18(10-15)28-20(26)24(17)13-19(25)29-23(12-16-2-1-9-27-16)11-14-5-7-22-8-6-14/h3-8,10,16H,1-2,9,11-13H2. The van der Waals surface area contributed by atoms with Gasteiger partial charge in [0.05, 0.1) is 24.7 Å². The Hall–Kier alpha value is -2.68. The Morgan fingerprint density at radius 2 is 2.14 bits per heavy atom. The van der Waals surface area contributed by atoms with E-state index in [1.165, 1.54) is 10.6 Å². The van der Waals surface area contributed by atoms with Crippen molar-refractivity contribution in [3.05, 3.63) is 63.9 Å². The first-order chi connectivity index (χ1) is 14.1. The van der Waals surface area contributed by atoms with Crippen LogP contribution in [0.25, 0.3) is 11.1 Å². The molecule has 0 N–H and O–H groups in total. The van der Waals surface area contributed by atoms with Crippen LogP contribution in [0.1, 0.15) is 18.4 Å². The van der Waals surface area contributed by atoms with Gasteiger partial charge in [0.2, 0.25) is 0 Å². The Kier molecular flexibility index (Phi) is 5.94. The van der Waals surface area contributed by atoms with E-state index in [1.807, 2.05) is 12.1 Å². The zero-order chi connectivity index (χ0) is 20.2. The largest absolute Gasteiger partial charge is 0.420 e. The van der Waals surface area contributed by atoms with Crippen LogP contribution in [0.4, 0.5) is 0 Å². The Morgan fingerprint density at radius 1 is 1.31 bits per heavy atom. The van der Waals surface area contributed by atoms with E-state index in [2.05, 4.69) is 4.98 Å². The van der Waals surface area contributed by atoms with Crippen molar-refractivity contribution in [2.75, 3.05) is 13.2 Å². The van der Waals surface area contributed by atoms with Gasteiger partial charge in [-0.25, -0.2) is 9.59 Å². The van der Waals surface area contributed by atoms with Crippen LogP contribution in [0.3, 0.4) is 0 Å². The topological polar surface area (TPSA) is 86.8 Å². The molecule has 3 heterocycles. The molecular formula is C20H20ClN3O5. The fourth-order valence-electron chi connectivity index (χ4n) is 3.33. The number of carbonyl (C=O) groups excluding carboxylic acids is 1. The first kappa shape index (κ1) is 19.6. The molecule has 1 aromatic carbocycles. The number of carbonyl (C=O) groups is 1. The van der Waals surface area contributed by atoms with Gasteiger partial charge in [-0.3, -0.25) is 9.55 Å². The molecule has 1 saturated heterocycles. The molecule has 1 unspecified atom stereocenters. The van der Waals surface area contributed by atoms with Gasteiger partial charge in [0, 0.05) is 30.1 Å². The highest BCUT2D eigenvalue weighted by Gasteiger charge is 2.23. The summed E-state index contributed by atoms with van der Waals surface area (Å²) in [5.41, 5.74) is 1.76. The maximum atomic E-state index is 12.6. The minimum atomic E-state index is -0.640. The lowest BCUT2D eigenvalue weighted by Gasteiger charge is -2.24. The molecule has 9 heteroatoms. The molecule has 1 aliphatic rings. The van der Waals surface area contributed by atoms with Gasteiger partial charge in [0.15, 0.2) is 5.58 Å². The number of oxazole rings is 1. The Labute approximate surface area is 171 Å². The molecule has 0 bridgehead atoms. The summed E-state index contributed by atoms with van der Waals surface area (Å²) in [6, 6.07) is 8.51. The second kappa shape index (κ2) is 8.77. The second-order valence-corrected chi connectivity index (χ2v) is 7.28. The summed E-state index contributed by atoms with van der Waals surface area (Å²) in [7, 11) is 0. The number of hydrogen-bond acceptors (Lipinski definition) is 7. The third-order valence-corrected chi connectivity index (χ3v) is 4.92. The number of benzene rings is 1. The van der Waals surface area contributed by atoms with E-state index in [4.69, 9.17) is 25.6 Å². The number of fused-ring (bicyclic) bond motifs is 1. The van der Waals surface area contributed by atoms with Crippen molar-refractivity contribution in [3.63, 3.8) is 0 Å². The molecule has 4 rings (SSSR count). The van der Waals surface area contributed by atoms with Crippen LogP contribution in [0, 0.1) is 0 Å². The van der Waals surface area contributed by atoms with E-state index in [0.29, 0.717) is 35.8 Å². The minimum Gasteiger partial charge on any atom is -0.408 e. The third-order valence-electron chi connectivity index (χ3n) is 4.69. The molecule has 0 spiro atoms. The number of hydrogen-bond donors (Lipinski definition) is 0. The fraction of sp³-hybridized carbons (Fsp3) is 0.350. The van der Waals surface area contributed by atoms with Crippen LogP contribution in [-0.4, -0.2) is 39.8 Å². The number of aromatic nitrogens is 2. The first-order valence-corrected chi connectivity index (χ1v) is 9.71. The molecule has 29 heavy (non-hydrogen) atoms. The zero-order valence-corrected chi connectivity index (χ0v) is 16.4. The van der Waals surface area contributed by atoms with E-state index in [1.54, 1.807) is 29.6 Å². The lowest BCUT2D eigenvalue weighted by atomic mass is 10.2. The molecular weight excluding hydrogens is 398 g/mol. The van der Waals surface area contributed by atoms with Crippen molar-refractivity contribution < 1.29 is 18.8 Å². The summed E-state index contributed by atoms with van der Waals surface area (Å²) in [5.74, 6) is -1.21. The van der Waals surface area contributed by atoms with Crippen molar-refractivity contribution in [1.82, 2.24) is 14.6 Å². The highest BCUT2D eigenvalue weighted by Crippen LogP contribution is 2.19. The van der Waals surface area contributed by atoms with Crippen LogP contribution < -0.4 is 5.76 Å². The van der Waals surface area contributed by atoms with Crippen LogP contribution in [0.5, 0.6) is 0 Å². The summed E-state index contributed by atoms with van der Waals surface area (Å²) in [6.07, 6.45) is 5.27. The summed E-state index contributed by atoms with van der Waals surface area (Å²) in [4.78, 5) is 34.3. The van der Waals surface area contributed by atoms with Crippen LogP contribution >= 0.6 is 11.6 Å². The van der Waals surface area contributed by atoms with Gasteiger partial charge in [0.1, 0.15) is 6.54 Å². The van der Waals surface area contributed by atoms with Crippen LogP contribution in [0.15, 0.2) is 51.9 Å². The fourth-order valence-corrected chi connectivity index (χ4v) is 3.50. The summed E-state index contributed by atoms with van der Waals surface area (Å²) in [5, 5.41) is 2.01. The van der Waals surface area contributed by atoms with Gasteiger partial charge in [0.25, 0.3) is 0 Å². The molecule has 0 amide bonds. The third kappa shape index (κ3) is 4.84. The quantitative estimate of drug-likeness (QED) is 0.546. The summed E-state index contributed by atoms with van der Waals surface area (Å²) >= 11 is 5.93. The number of rotatable bonds is 7. The normalized spacial score (nSPS) is 16.6. The van der Waals surface area contributed by atoms with Crippen molar-refractivity contribution >= 4 is 28.7 Å². The molecule has 0 aliphatic carbocycles. The Morgan fingerprint density at radius 3 is 2.90 bits per heavy atom. The minimum absolute atomic E-state index is 0.00394. The van der Waals surface area contributed by atoms with Gasteiger partial charge in [-0.2, -0.15) is 0 Å². The highest BCUT2D eigenvalue weighted by molar-refractivity contribution is 6.31. The average Bonchev–Trinajstić information content (AvgIpc) is 3.30. The molecule has 0 radical (unpaired) electrons. The molecule has 1 atom stereocenters. The summed E-state index contributed by atoms with van der Waals surface area (Å²) < 4.78 is 12.1. The van der Waals surface area contributed by atoms with E-state index in [0.717, 1.165) is 18.4 Å². The molecule has 1 fully saturated rings. The number of ether oxygens (including phenoxy) is 1. The molecule has 1 aliphatic heterocycles. The van der Waals surface area contributed by atoms with E-state index in [9.17, 15) is 9.59 Å². The van der Waals surface area contributed by atoms with Crippen LogP contribution in [-0.2, 0) is 27.5 Å². The zero-order valence-electron chi connectivity index (χ0n) is 15.6. The average molecular weight is 418 g/mol.